The van der Waals surface area contributed by atoms with Crippen LogP contribution in [0.25, 0.3) is 5.69 Å². The topological polar surface area (TPSA) is 67.2 Å². The molecule has 5 rings (SSSR count). The largest absolute Gasteiger partial charge is 0.339 e. The van der Waals surface area contributed by atoms with Gasteiger partial charge in [-0.15, -0.1) is 0 Å². The van der Waals surface area contributed by atoms with E-state index in [1.165, 1.54) is 32.1 Å². The Balaban J connectivity index is 1.37. The second-order valence-corrected chi connectivity index (χ2v) is 8.57. The van der Waals surface area contributed by atoms with Gasteiger partial charge in [-0.1, -0.05) is 42.6 Å². The van der Waals surface area contributed by atoms with Gasteiger partial charge in [-0.05, 0) is 54.7 Å². The molecule has 1 aromatic carbocycles. The van der Waals surface area contributed by atoms with Crippen LogP contribution in [-0.4, -0.2) is 56.7 Å². The minimum atomic E-state index is -0.261. The van der Waals surface area contributed by atoms with Gasteiger partial charge < -0.3 is 9.80 Å². The van der Waals surface area contributed by atoms with Gasteiger partial charge in [0.25, 0.3) is 0 Å². The molecule has 1 amide bonds. The lowest BCUT2D eigenvalue weighted by Crippen LogP contribution is -2.54. The van der Waals surface area contributed by atoms with Gasteiger partial charge in [-0.2, -0.15) is 4.68 Å². The second kappa shape index (κ2) is 7.18. The number of hydrogen-bond acceptors (Lipinski definition) is 5. The van der Waals surface area contributed by atoms with Crippen LogP contribution < -0.4 is 4.90 Å². The van der Waals surface area contributed by atoms with Crippen LogP contribution in [0.4, 0.5) is 5.95 Å². The van der Waals surface area contributed by atoms with E-state index in [1.54, 1.807) is 4.68 Å². The Morgan fingerprint density at radius 3 is 2.61 bits per heavy atom. The van der Waals surface area contributed by atoms with Crippen molar-refractivity contribution in [1.29, 1.82) is 0 Å². The van der Waals surface area contributed by atoms with E-state index in [1.807, 2.05) is 30.3 Å². The summed E-state index contributed by atoms with van der Waals surface area (Å²) < 4.78 is 1.78. The fraction of sp³-hybridized carbons (Fsp3) is 0.619. The van der Waals surface area contributed by atoms with Gasteiger partial charge in [-0.3, -0.25) is 4.79 Å². The molecule has 3 heterocycles. The van der Waals surface area contributed by atoms with Crippen molar-refractivity contribution in [3.05, 3.63) is 30.3 Å². The number of carbonyl (C=O) groups is 1. The normalized spacial score (nSPS) is 26.4. The highest BCUT2D eigenvalue weighted by atomic mass is 16.2. The highest BCUT2D eigenvalue weighted by molar-refractivity contribution is 5.85. The monoisotopic (exact) mass is 380 g/mol. The van der Waals surface area contributed by atoms with Crippen molar-refractivity contribution < 1.29 is 4.79 Å². The molecule has 7 heteroatoms. The van der Waals surface area contributed by atoms with Crippen molar-refractivity contribution in [2.75, 3.05) is 24.5 Å². The minimum absolute atomic E-state index is 0.261. The number of rotatable bonds is 3. The Morgan fingerprint density at radius 2 is 1.79 bits per heavy atom. The van der Waals surface area contributed by atoms with Crippen LogP contribution in [0.3, 0.4) is 0 Å². The number of anilines is 1. The van der Waals surface area contributed by atoms with Crippen molar-refractivity contribution in [3.8, 4) is 5.69 Å². The smallest absolute Gasteiger partial charge is 0.250 e. The van der Waals surface area contributed by atoms with E-state index in [0.29, 0.717) is 11.9 Å². The third-order valence-corrected chi connectivity index (χ3v) is 6.87. The summed E-state index contributed by atoms with van der Waals surface area (Å²) >= 11 is 0. The van der Waals surface area contributed by atoms with Gasteiger partial charge in [0.15, 0.2) is 0 Å². The first-order valence-corrected chi connectivity index (χ1v) is 10.7. The number of nitrogens with zero attached hydrogens (tertiary/aromatic N) is 6. The first-order valence-electron chi connectivity index (χ1n) is 10.7. The molecule has 3 aliphatic rings. The van der Waals surface area contributed by atoms with E-state index in [4.69, 9.17) is 0 Å². The van der Waals surface area contributed by atoms with Crippen molar-refractivity contribution in [1.82, 2.24) is 25.1 Å². The fourth-order valence-corrected chi connectivity index (χ4v) is 5.38. The van der Waals surface area contributed by atoms with E-state index in [2.05, 4.69) is 25.3 Å². The summed E-state index contributed by atoms with van der Waals surface area (Å²) in [5.41, 5.74) is 0.686. The lowest BCUT2D eigenvalue weighted by atomic mass is 9.77. The molecule has 2 aromatic rings. The van der Waals surface area contributed by atoms with E-state index >= 15 is 0 Å². The molecule has 1 aromatic heterocycles. The first kappa shape index (κ1) is 17.6. The Kier molecular flexibility index (Phi) is 4.53. The van der Waals surface area contributed by atoms with E-state index in [-0.39, 0.29) is 5.41 Å². The maximum Gasteiger partial charge on any atom is 0.250 e. The van der Waals surface area contributed by atoms with Crippen molar-refractivity contribution in [3.63, 3.8) is 0 Å². The number of amides is 1. The molecule has 1 spiro atoms. The average molecular weight is 380 g/mol. The molecule has 0 N–H and O–H groups in total. The number of benzene rings is 1. The molecule has 148 valence electrons. The van der Waals surface area contributed by atoms with Crippen LogP contribution in [0.1, 0.15) is 51.4 Å². The quantitative estimate of drug-likeness (QED) is 0.819. The van der Waals surface area contributed by atoms with Gasteiger partial charge in [-0.25, -0.2) is 0 Å². The minimum Gasteiger partial charge on any atom is -0.339 e. The van der Waals surface area contributed by atoms with Crippen molar-refractivity contribution >= 4 is 11.9 Å². The molecule has 2 aliphatic heterocycles. The Hall–Kier alpha value is -2.44. The number of tetrazole rings is 1. The zero-order valence-corrected chi connectivity index (χ0v) is 16.3. The number of hydrogen-bond donors (Lipinski definition) is 0. The Bertz CT molecular complexity index is 830. The summed E-state index contributed by atoms with van der Waals surface area (Å²) in [5, 5.41) is 12.4. The zero-order valence-electron chi connectivity index (χ0n) is 16.3. The van der Waals surface area contributed by atoms with E-state index in [9.17, 15) is 4.79 Å². The molecule has 0 radical (unpaired) electrons. The SMILES string of the molecule is O=C1N(C2CCCCC2)CCCC12CCN(c1nnnn1-c1ccccc1)C2. The molecule has 2 saturated heterocycles. The maximum absolute atomic E-state index is 13.6. The molecule has 0 bridgehead atoms. The number of likely N-dealkylation sites (tertiary alicyclic amines) is 1. The van der Waals surface area contributed by atoms with Gasteiger partial charge in [0.05, 0.1) is 11.1 Å². The third-order valence-electron chi connectivity index (χ3n) is 6.87. The van der Waals surface area contributed by atoms with Crippen LogP contribution >= 0.6 is 0 Å². The highest BCUT2D eigenvalue weighted by Crippen LogP contribution is 2.43. The Morgan fingerprint density at radius 1 is 0.964 bits per heavy atom. The van der Waals surface area contributed by atoms with E-state index in [0.717, 1.165) is 50.5 Å². The summed E-state index contributed by atoms with van der Waals surface area (Å²) in [5.74, 6) is 1.12. The third kappa shape index (κ3) is 2.97. The number of aromatic nitrogens is 4. The molecule has 7 nitrogen and oxygen atoms in total. The number of para-hydroxylation sites is 1. The lowest BCUT2D eigenvalue weighted by molar-refractivity contribution is -0.148. The van der Waals surface area contributed by atoms with Crippen LogP contribution in [0.5, 0.6) is 0 Å². The maximum atomic E-state index is 13.6. The summed E-state index contributed by atoms with van der Waals surface area (Å²) in [6, 6.07) is 10.4. The Labute approximate surface area is 165 Å². The fourth-order valence-electron chi connectivity index (χ4n) is 5.38. The standard InChI is InChI=1S/C21H28N6O/c28-19-21(12-7-14-26(19)17-8-3-1-4-9-17)13-15-25(16-21)20-22-23-24-27(20)18-10-5-2-6-11-18/h2,5-6,10-11,17H,1,3-4,7-9,12-16H2. The summed E-state index contributed by atoms with van der Waals surface area (Å²) in [6.45, 7) is 2.49. The summed E-state index contributed by atoms with van der Waals surface area (Å²) in [4.78, 5) is 18.0. The van der Waals surface area contributed by atoms with Crippen LogP contribution in [0.15, 0.2) is 30.3 Å². The van der Waals surface area contributed by atoms with Gasteiger partial charge in [0, 0.05) is 25.7 Å². The predicted molar refractivity (Wildman–Crippen MR) is 106 cm³/mol. The first-order chi connectivity index (χ1) is 13.8. The van der Waals surface area contributed by atoms with Crippen molar-refractivity contribution in [2.45, 2.75) is 57.4 Å². The van der Waals surface area contributed by atoms with Crippen molar-refractivity contribution in [2.24, 2.45) is 5.41 Å². The van der Waals surface area contributed by atoms with E-state index < -0.39 is 0 Å². The number of carbonyl (C=O) groups excluding carboxylic acids is 1. The number of piperidine rings is 1. The molecular formula is C21H28N6O. The van der Waals surface area contributed by atoms with Crippen LogP contribution in [0, 0.1) is 5.41 Å². The van der Waals surface area contributed by atoms with Gasteiger partial charge in [0.2, 0.25) is 11.9 Å². The molecule has 1 atom stereocenters. The molecular weight excluding hydrogens is 352 g/mol. The van der Waals surface area contributed by atoms with Crippen LogP contribution in [-0.2, 0) is 4.79 Å². The van der Waals surface area contributed by atoms with Crippen LogP contribution in [0.2, 0.25) is 0 Å². The highest BCUT2D eigenvalue weighted by Gasteiger charge is 2.50. The molecule has 28 heavy (non-hydrogen) atoms. The zero-order chi connectivity index (χ0) is 19.0. The van der Waals surface area contributed by atoms with Gasteiger partial charge >= 0.3 is 0 Å². The second-order valence-electron chi connectivity index (χ2n) is 8.57. The summed E-state index contributed by atoms with van der Waals surface area (Å²) in [7, 11) is 0. The summed E-state index contributed by atoms with van der Waals surface area (Å²) in [6.07, 6.45) is 9.20. The average Bonchev–Trinajstić information content (AvgIpc) is 3.39. The molecule has 1 saturated carbocycles. The lowest BCUT2D eigenvalue weighted by Gasteiger charge is -2.44. The molecule has 1 unspecified atom stereocenters. The van der Waals surface area contributed by atoms with Gasteiger partial charge in [0.1, 0.15) is 0 Å². The molecule has 3 fully saturated rings. The predicted octanol–water partition coefficient (Wildman–Crippen LogP) is 2.81. The molecule has 1 aliphatic carbocycles.